The first-order valence-corrected chi connectivity index (χ1v) is 10.2. The monoisotopic (exact) mass is 404 g/mol. The maximum Gasteiger partial charge on any atom is 0.262 e. The summed E-state index contributed by atoms with van der Waals surface area (Å²) >= 11 is 1.59. The number of nitrogens with one attached hydrogen (secondary N) is 2. The molecule has 0 radical (unpaired) electrons. The third-order valence-electron chi connectivity index (χ3n) is 4.47. The number of carbonyl (C=O) groups is 2. The molecule has 0 bridgehead atoms. The van der Waals surface area contributed by atoms with E-state index in [0.717, 1.165) is 17.0 Å². The molecule has 0 saturated heterocycles. The summed E-state index contributed by atoms with van der Waals surface area (Å²) in [6, 6.07) is 24.4. The molecule has 2 amide bonds. The van der Waals surface area contributed by atoms with Crippen molar-refractivity contribution < 1.29 is 14.3 Å². The van der Waals surface area contributed by atoms with Gasteiger partial charge in [-0.25, -0.2) is 0 Å². The van der Waals surface area contributed by atoms with E-state index >= 15 is 0 Å². The summed E-state index contributed by atoms with van der Waals surface area (Å²) in [7, 11) is 0. The minimum absolute atomic E-state index is 0.0369. The summed E-state index contributed by atoms with van der Waals surface area (Å²) in [5, 5.41) is 5.57. The van der Waals surface area contributed by atoms with Gasteiger partial charge in [0.2, 0.25) is 5.91 Å². The molecule has 1 atom stereocenters. The summed E-state index contributed by atoms with van der Waals surface area (Å²) in [6.07, 6.45) is 0.725. The Morgan fingerprint density at radius 1 is 0.897 bits per heavy atom. The van der Waals surface area contributed by atoms with Crippen molar-refractivity contribution in [2.45, 2.75) is 16.6 Å². The van der Waals surface area contributed by atoms with E-state index in [-0.39, 0.29) is 23.7 Å². The van der Waals surface area contributed by atoms with Crippen LogP contribution in [0.25, 0.3) is 0 Å². The van der Waals surface area contributed by atoms with E-state index in [1.165, 1.54) is 5.56 Å². The first-order chi connectivity index (χ1) is 14.2. The van der Waals surface area contributed by atoms with Crippen molar-refractivity contribution in [1.82, 2.24) is 0 Å². The second-order valence-corrected chi connectivity index (χ2v) is 7.88. The van der Waals surface area contributed by atoms with Crippen LogP contribution in [0.1, 0.15) is 5.56 Å². The number of hydrogen-bond donors (Lipinski definition) is 2. The Kier molecular flexibility index (Phi) is 5.81. The molecule has 0 aromatic heterocycles. The van der Waals surface area contributed by atoms with E-state index < -0.39 is 0 Å². The Bertz CT molecular complexity index is 998. The second-order valence-electron chi connectivity index (χ2n) is 6.64. The van der Waals surface area contributed by atoms with Crippen molar-refractivity contribution in [3.8, 4) is 5.75 Å². The largest absolute Gasteiger partial charge is 0.484 e. The third kappa shape index (κ3) is 4.97. The minimum Gasteiger partial charge on any atom is -0.484 e. The molecule has 6 heteroatoms. The number of carbonyl (C=O) groups excluding carboxylic acids is 2. The molecule has 1 aliphatic rings. The SMILES string of the molecule is O=C(COc1cccc(NC(=O)C2Cc3ccccc3S2)c1)Nc1ccccc1. The van der Waals surface area contributed by atoms with Crippen molar-refractivity contribution in [2.24, 2.45) is 0 Å². The Labute approximate surface area is 173 Å². The van der Waals surface area contributed by atoms with E-state index in [1.807, 2.05) is 54.6 Å². The average Bonchev–Trinajstić information content (AvgIpc) is 3.18. The molecule has 29 heavy (non-hydrogen) atoms. The summed E-state index contributed by atoms with van der Waals surface area (Å²) < 4.78 is 5.57. The number of amides is 2. The predicted octanol–water partition coefficient (Wildman–Crippen LogP) is 4.36. The number of fused-ring (bicyclic) bond motifs is 1. The lowest BCUT2D eigenvalue weighted by Gasteiger charge is -2.12. The fourth-order valence-electron chi connectivity index (χ4n) is 3.08. The fourth-order valence-corrected chi connectivity index (χ4v) is 4.28. The number of hydrogen-bond acceptors (Lipinski definition) is 4. The molecule has 0 saturated carbocycles. The van der Waals surface area contributed by atoms with Gasteiger partial charge in [-0.1, -0.05) is 42.5 Å². The Hall–Kier alpha value is -3.25. The highest BCUT2D eigenvalue weighted by Crippen LogP contribution is 2.37. The number of anilines is 2. The molecule has 3 aromatic carbocycles. The highest BCUT2D eigenvalue weighted by molar-refractivity contribution is 8.01. The van der Waals surface area contributed by atoms with Crippen LogP contribution >= 0.6 is 11.8 Å². The molecule has 1 unspecified atom stereocenters. The smallest absolute Gasteiger partial charge is 0.262 e. The van der Waals surface area contributed by atoms with Gasteiger partial charge in [0.25, 0.3) is 5.91 Å². The highest BCUT2D eigenvalue weighted by atomic mass is 32.2. The molecule has 3 aromatic rings. The van der Waals surface area contributed by atoms with Gasteiger partial charge in [-0.2, -0.15) is 0 Å². The summed E-state index contributed by atoms with van der Waals surface area (Å²) in [4.78, 5) is 25.8. The zero-order valence-electron chi connectivity index (χ0n) is 15.6. The van der Waals surface area contributed by atoms with Crippen LogP contribution in [0.3, 0.4) is 0 Å². The Morgan fingerprint density at radius 2 is 1.66 bits per heavy atom. The number of benzene rings is 3. The standard InChI is InChI=1S/C23H20N2O3S/c26-22(24-17-8-2-1-3-9-17)15-28-19-11-6-10-18(14-19)25-23(27)21-13-16-7-4-5-12-20(16)29-21/h1-12,14,21H,13,15H2,(H,24,26)(H,25,27). The van der Waals surface area contributed by atoms with E-state index in [4.69, 9.17) is 4.74 Å². The molecule has 2 N–H and O–H groups in total. The molecule has 4 rings (SSSR count). The third-order valence-corrected chi connectivity index (χ3v) is 5.79. The van der Waals surface area contributed by atoms with Crippen molar-refractivity contribution >= 4 is 35.0 Å². The quantitative estimate of drug-likeness (QED) is 0.641. The molecule has 1 heterocycles. The van der Waals surface area contributed by atoms with E-state index in [9.17, 15) is 9.59 Å². The maximum absolute atomic E-state index is 12.6. The van der Waals surface area contributed by atoms with Gasteiger partial charge >= 0.3 is 0 Å². The first-order valence-electron chi connectivity index (χ1n) is 9.30. The van der Waals surface area contributed by atoms with E-state index in [2.05, 4.69) is 16.7 Å². The van der Waals surface area contributed by atoms with E-state index in [1.54, 1.807) is 30.0 Å². The van der Waals surface area contributed by atoms with Crippen LogP contribution in [0, 0.1) is 0 Å². The van der Waals surface area contributed by atoms with Crippen LogP contribution in [0.15, 0.2) is 83.8 Å². The topological polar surface area (TPSA) is 67.4 Å². The predicted molar refractivity (Wildman–Crippen MR) is 115 cm³/mol. The van der Waals surface area contributed by atoms with Crippen molar-refractivity contribution in [1.29, 1.82) is 0 Å². The molecule has 146 valence electrons. The van der Waals surface area contributed by atoms with Crippen LogP contribution in [-0.4, -0.2) is 23.7 Å². The van der Waals surface area contributed by atoms with Crippen molar-refractivity contribution in [2.75, 3.05) is 17.2 Å². The zero-order chi connectivity index (χ0) is 20.1. The molecule has 1 aliphatic heterocycles. The number of rotatable bonds is 6. The van der Waals surface area contributed by atoms with Gasteiger partial charge in [0.05, 0.1) is 5.25 Å². The normalized spacial score (nSPS) is 14.7. The van der Waals surface area contributed by atoms with E-state index in [0.29, 0.717) is 11.4 Å². The fraction of sp³-hybridized carbons (Fsp3) is 0.130. The zero-order valence-corrected chi connectivity index (χ0v) is 16.4. The highest BCUT2D eigenvalue weighted by Gasteiger charge is 2.28. The lowest BCUT2D eigenvalue weighted by Crippen LogP contribution is -2.24. The van der Waals surface area contributed by atoms with Crippen LogP contribution in [-0.2, 0) is 16.0 Å². The average molecular weight is 404 g/mol. The van der Waals surface area contributed by atoms with Gasteiger partial charge < -0.3 is 15.4 Å². The Balaban J connectivity index is 1.31. The van der Waals surface area contributed by atoms with Crippen LogP contribution in [0.2, 0.25) is 0 Å². The molecule has 0 fully saturated rings. The van der Waals surface area contributed by atoms with Gasteiger partial charge in [0, 0.05) is 22.3 Å². The maximum atomic E-state index is 12.6. The minimum atomic E-state index is -0.245. The van der Waals surface area contributed by atoms with Gasteiger partial charge in [-0.05, 0) is 42.3 Å². The first kappa shape index (κ1) is 19.1. The number of thioether (sulfide) groups is 1. The number of para-hydroxylation sites is 1. The summed E-state index contributed by atoms with van der Waals surface area (Å²) in [5.74, 6) is 0.240. The lowest BCUT2D eigenvalue weighted by atomic mass is 10.1. The van der Waals surface area contributed by atoms with Gasteiger partial charge in [-0.3, -0.25) is 9.59 Å². The molecule has 5 nitrogen and oxygen atoms in total. The Morgan fingerprint density at radius 3 is 2.48 bits per heavy atom. The summed E-state index contributed by atoms with van der Waals surface area (Å²) in [6.45, 7) is -0.111. The molecular weight excluding hydrogens is 384 g/mol. The van der Waals surface area contributed by atoms with Gasteiger partial charge in [0.1, 0.15) is 5.75 Å². The van der Waals surface area contributed by atoms with Crippen LogP contribution < -0.4 is 15.4 Å². The van der Waals surface area contributed by atoms with Gasteiger partial charge in [0.15, 0.2) is 6.61 Å². The molecule has 0 aliphatic carbocycles. The lowest BCUT2D eigenvalue weighted by molar-refractivity contribution is -0.118. The van der Waals surface area contributed by atoms with Crippen LogP contribution in [0.4, 0.5) is 11.4 Å². The van der Waals surface area contributed by atoms with Crippen LogP contribution in [0.5, 0.6) is 5.75 Å². The summed E-state index contributed by atoms with van der Waals surface area (Å²) in [5.41, 5.74) is 2.57. The number of ether oxygens (including phenoxy) is 1. The molecular formula is C23H20N2O3S. The van der Waals surface area contributed by atoms with Crippen molar-refractivity contribution in [3.63, 3.8) is 0 Å². The van der Waals surface area contributed by atoms with Gasteiger partial charge in [-0.15, -0.1) is 11.8 Å². The molecule has 0 spiro atoms. The second kappa shape index (κ2) is 8.84. The van der Waals surface area contributed by atoms with Crippen molar-refractivity contribution in [3.05, 3.63) is 84.4 Å².